The third kappa shape index (κ3) is 2.42. The molecule has 0 aromatic carbocycles. The van der Waals surface area contributed by atoms with Crippen molar-refractivity contribution in [2.24, 2.45) is 0 Å². The summed E-state index contributed by atoms with van der Waals surface area (Å²) in [6, 6.07) is 0.264. The number of nitrogen functional groups attached to an aromatic ring is 1. The van der Waals surface area contributed by atoms with Crippen LogP contribution in [0, 0.1) is 17.0 Å². The predicted molar refractivity (Wildman–Crippen MR) is 69.7 cm³/mol. The summed E-state index contributed by atoms with van der Waals surface area (Å²) in [6.45, 7) is 5.98. The van der Waals surface area contributed by atoms with Crippen molar-refractivity contribution >= 4 is 11.5 Å². The molecule has 0 aliphatic carbocycles. The molecule has 0 fully saturated rings. The van der Waals surface area contributed by atoms with E-state index in [9.17, 15) is 10.1 Å². The quantitative estimate of drug-likeness (QED) is 0.665. The molecule has 0 atom stereocenters. The summed E-state index contributed by atoms with van der Waals surface area (Å²) in [4.78, 5) is 10.3. The lowest BCUT2D eigenvalue weighted by atomic mass is 10.3. The van der Waals surface area contributed by atoms with Gasteiger partial charge in [0.05, 0.1) is 17.7 Å². The molecule has 0 radical (unpaired) electrons. The Morgan fingerprint density at radius 3 is 2.68 bits per heavy atom. The number of hydrogen-bond acceptors (Lipinski definition) is 5. The van der Waals surface area contributed by atoms with Gasteiger partial charge in [0.15, 0.2) is 0 Å². The van der Waals surface area contributed by atoms with Crippen molar-refractivity contribution in [3.05, 3.63) is 33.8 Å². The normalized spacial score (nSPS) is 11.2. The average Bonchev–Trinajstić information content (AvgIpc) is 2.85. The molecule has 0 aliphatic rings. The minimum atomic E-state index is -0.508. The molecule has 0 saturated heterocycles. The maximum Gasteiger partial charge on any atom is 0.333 e. The predicted octanol–water partition coefficient (Wildman–Crippen LogP) is 1.51. The lowest BCUT2D eigenvalue weighted by molar-refractivity contribution is -0.384. The second kappa shape index (κ2) is 4.71. The van der Waals surface area contributed by atoms with E-state index in [1.165, 1.54) is 4.68 Å². The van der Waals surface area contributed by atoms with Crippen LogP contribution >= 0.6 is 0 Å². The van der Waals surface area contributed by atoms with Crippen LogP contribution in [0.15, 0.2) is 12.4 Å². The molecule has 0 saturated carbocycles. The van der Waals surface area contributed by atoms with E-state index in [4.69, 9.17) is 5.73 Å². The standard InChI is InChI=1S/C11H16N6O2/c1-7(2)15-5-9(4-13-15)6-16-11(12)10(17(18)19)8(3)14-16/h4-5,7H,6,12H2,1-3H3. The van der Waals surface area contributed by atoms with Gasteiger partial charge in [0.25, 0.3) is 0 Å². The van der Waals surface area contributed by atoms with Gasteiger partial charge >= 0.3 is 5.69 Å². The molecule has 0 amide bonds. The number of hydrogen-bond donors (Lipinski definition) is 1. The van der Waals surface area contributed by atoms with E-state index in [2.05, 4.69) is 10.2 Å². The molecule has 19 heavy (non-hydrogen) atoms. The topological polar surface area (TPSA) is 105 Å². The first-order valence-corrected chi connectivity index (χ1v) is 5.90. The average molecular weight is 264 g/mol. The van der Waals surface area contributed by atoms with Crippen molar-refractivity contribution in [3.8, 4) is 0 Å². The van der Waals surface area contributed by atoms with Crippen molar-refractivity contribution in [2.75, 3.05) is 5.73 Å². The number of rotatable bonds is 4. The number of nitrogens with two attached hydrogens (primary N) is 1. The first-order chi connectivity index (χ1) is 8.90. The highest BCUT2D eigenvalue weighted by atomic mass is 16.6. The third-order valence-corrected chi connectivity index (χ3v) is 2.83. The molecule has 2 aromatic rings. The highest BCUT2D eigenvalue weighted by Gasteiger charge is 2.23. The summed E-state index contributed by atoms with van der Waals surface area (Å²) >= 11 is 0. The lowest BCUT2D eigenvalue weighted by Crippen LogP contribution is -2.06. The van der Waals surface area contributed by atoms with Gasteiger partial charge in [-0.15, -0.1) is 0 Å². The van der Waals surface area contributed by atoms with Crippen LogP contribution in [0.2, 0.25) is 0 Å². The number of nitro groups is 1. The number of nitrogens with zero attached hydrogens (tertiary/aromatic N) is 5. The van der Waals surface area contributed by atoms with Gasteiger partial charge in [-0.2, -0.15) is 10.2 Å². The van der Waals surface area contributed by atoms with Crippen molar-refractivity contribution in [3.63, 3.8) is 0 Å². The van der Waals surface area contributed by atoms with Crippen molar-refractivity contribution in [1.82, 2.24) is 19.6 Å². The minimum Gasteiger partial charge on any atom is -0.378 e. The van der Waals surface area contributed by atoms with Crippen LogP contribution in [0.4, 0.5) is 11.5 Å². The first kappa shape index (κ1) is 13.1. The molecule has 0 spiro atoms. The van der Waals surface area contributed by atoms with Crippen LogP contribution in [0.3, 0.4) is 0 Å². The second-order valence-corrected chi connectivity index (χ2v) is 4.66. The molecule has 102 valence electrons. The Morgan fingerprint density at radius 1 is 1.53 bits per heavy atom. The van der Waals surface area contributed by atoms with Crippen LogP contribution in [0.25, 0.3) is 0 Å². The summed E-state index contributed by atoms with van der Waals surface area (Å²) in [7, 11) is 0. The Balaban J connectivity index is 2.28. The maximum absolute atomic E-state index is 10.9. The van der Waals surface area contributed by atoms with Crippen LogP contribution in [0.5, 0.6) is 0 Å². The van der Waals surface area contributed by atoms with Gasteiger partial charge in [-0.25, -0.2) is 4.68 Å². The molecular weight excluding hydrogens is 248 g/mol. The SMILES string of the molecule is Cc1nn(Cc2cnn(C(C)C)c2)c(N)c1[N+](=O)[O-]. The molecule has 8 heteroatoms. The molecule has 0 unspecified atom stereocenters. The fraction of sp³-hybridized carbons (Fsp3) is 0.455. The Bertz CT molecular complexity index is 613. The smallest absolute Gasteiger partial charge is 0.333 e. The third-order valence-electron chi connectivity index (χ3n) is 2.83. The number of anilines is 1. The van der Waals surface area contributed by atoms with E-state index < -0.39 is 4.92 Å². The van der Waals surface area contributed by atoms with Crippen LogP contribution < -0.4 is 5.73 Å². The Morgan fingerprint density at radius 2 is 2.21 bits per heavy atom. The summed E-state index contributed by atoms with van der Waals surface area (Å²) < 4.78 is 3.24. The summed E-state index contributed by atoms with van der Waals surface area (Å²) in [6.07, 6.45) is 3.59. The molecular formula is C11H16N6O2. The molecule has 2 N–H and O–H groups in total. The van der Waals surface area contributed by atoms with Crippen molar-refractivity contribution < 1.29 is 4.92 Å². The zero-order valence-electron chi connectivity index (χ0n) is 11.1. The molecule has 2 rings (SSSR count). The molecule has 2 aromatic heterocycles. The van der Waals surface area contributed by atoms with E-state index in [1.54, 1.807) is 13.1 Å². The molecule has 8 nitrogen and oxygen atoms in total. The molecule has 0 bridgehead atoms. The highest BCUT2D eigenvalue weighted by Crippen LogP contribution is 2.25. The van der Waals surface area contributed by atoms with E-state index in [-0.39, 0.29) is 17.5 Å². The maximum atomic E-state index is 10.9. The highest BCUT2D eigenvalue weighted by molar-refractivity contribution is 5.56. The monoisotopic (exact) mass is 264 g/mol. The Kier molecular flexibility index (Phi) is 3.24. The summed E-state index contributed by atoms with van der Waals surface area (Å²) in [5.41, 5.74) is 6.84. The van der Waals surface area contributed by atoms with E-state index in [0.29, 0.717) is 12.2 Å². The lowest BCUT2D eigenvalue weighted by Gasteiger charge is -2.03. The Labute approximate surface area is 110 Å². The van der Waals surface area contributed by atoms with Gasteiger partial charge in [0.2, 0.25) is 5.82 Å². The van der Waals surface area contributed by atoms with Gasteiger partial charge in [-0.1, -0.05) is 0 Å². The largest absolute Gasteiger partial charge is 0.378 e. The van der Waals surface area contributed by atoms with E-state index >= 15 is 0 Å². The second-order valence-electron chi connectivity index (χ2n) is 4.66. The van der Waals surface area contributed by atoms with Gasteiger partial charge in [-0.05, 0) is 20.8 Å². The van der Waals surface area contributed by atoms with Gasteiger partial charge < -0.3 is 5.73 Å². The van der Waals surface area contributed by atoms with Crippen LogP contribution in [0.1, 0.15) is 31.1 Å². The fourth-order valence-corrected chi connectivity index (χ4v) is 1.85. The van der Waals surface area contributed by atoms with Gasteiger partial charge in [0.1, 0.15) is 5.69 Å². The van der Waals surface area contributed by atoms with E-state index in [1.807, 2.05) is 24.7 Å². The Hall–Kier alpha value is -2.38. The van der Waals surface area contributed by atoms with Crippen LogP contribution in [-0.4, -0.2) is 24.5 Å². The zero-order chi connectivity index (χ0) is 14.2. The first-order valence-electron chi connectivity index (χ1n) is 5.90. The summed E-state index contributed by atoms with van der Waals surface area (Å²) in [5.74, 6) is 0.0693. The number of aryl methyl sites for hydroxylation is 1. The molecule has 0 aliphatic heterocycles. The zero-order valence-corrected chi connectivity index (χ0v) is 11.1. The van der Waals surface area contributed by atoms with Gasteiger partial charge in [0, 0.05) is 17.8 Å². The molecule has 2 heterocycles. The number of aromatic nitrogens is 4. The minimum absolute atomic E-state index is 0.0693. The van der Waals surface area contributed by atoms with Gasteiger partial charge in [-0.3, -0.25) is 14.8 Å². The fourth-order valence-electron chi connectivity index (χ4n) is 1.85. The van der Waals surface area contributed by atoms with Crippen molar-refractivity contribution in [1.29, 1.82) is 0 Å². The summed E-state index contributed by atoms with van der Waals surface area (Å²) in [5, 5.41) is 19.2. The van der Waals surface area contributed by atoms with Crippen LogP contribution in [-0.2, 0) is 6.54 Å². The van der Waals surface area contributed by atoms with Crippen molar-refractivity contribution in [2.45, 2.75) is 33.4 Å². The van der Waals surface area contributed by atoms with E-state index in [0.717, 1.165) is 5.56 Å².